The molecule has 0 atom stereocenters. The second-order valence-electron chi connectivity index (χ2n) is 5.93. The number of hydrogen-bond acceptors (Lipinski definition) is 5. The highest BCUT2D eigenvalue weighted by Gasteiger charge is 2.41. The molecule has 1 heterocycles. The van der Waals surface area contributed by atoms with Crippen molar-refractivity contribution in [2.45, 2.75) is 38.1 Å². The number of nitriles is 2. The van der Waals surface area contributed by atoms with E-state index in [4.69, 9.17) is 10.5 Å². The van der Waals surface area contributed by atoms with Gasteiger partial charge in [-0.15, -0.1) is 0 Å². The third-order valence-corrected chi connectivity index (χ3v) is 4.50. The molecule has 1 aliphatic carbocycles. The summed E-state index contributed by atoms with van der Waals surface area (Å²) >= 11 is 0. The molecule has 0 spiro atoms. The van der Waals surface area contributed by atoms with Crippen LogP contribution in [0.5, 0.6) is 0 Å². The predicted octanol–water partition coefficient (Wildman–Crippen LogP) is 2.96. The fourth-order valence-corrected chi connectivity index (χ4v) is 3.33. The Morgan fingerprint density at radius 1 is 1.12 bits per heavy atom. The monoisotopic (exact) mass is 320 g/mol. The normalized spacial score (nSPS) is 17.0. The zero-order valence-corrected chi connectivity index (χ0v) is 13.1. The van der Waals surface area contributed by atoms with Crippen LogP contribution in [0.25, 0.3) is 0 Å². The number of hydrogen-bond donors (Lipinski definition) is 1. The number of nitrogens with zero attached hydrogens (tertiary/aromatic N) is 3. The molecule has 0 aromatic heterocycles. The first-order valence-electron chi connectivity index (χ1n) is 7.95. The summed E-state index contributed by atoms with van der Waals surface area (Å²) in [5, 5.41) is 20.4. The second kappa shape index (κ2) is 6.55. The van der Waals surface area contributed by atoms with E-state index in [0.29, 0.717) is 16.8 Å². The van der Waals surface area contributed by atoms with Gasteiger partial charge in [0.25, 0.3) is 11.8 Å². The van der Waals surface area contributed by atoms with Crippen molar-refractivity contribution in [3.05, 3.63) is 41.1 Å². The Hall–Kier alpha value is -3.12. The summed E-state index contributed by atoms with van der Waals surface area (Å²) in [6.45, 7) is 0. The summed E-state index contributed by atoms with van der Waals surface area (Å²) in [4.78, 5) is 26.9. The number of fused-ring (bicyclic) bond motifs is 1. The van der Waals surface area contributed by atoms with Gasteiger partial charge in [0.1, 0.15) is 17.7 Å². The van der Waals surface area contributed by atoms with Crippen molar-refractivity contribution < 1.29 is 9.59 Å². The second-order valence-corrected chi connectivity index (χ2v) is 5.93. The molecule has 2 aliphatic rings. The number of benzene rings is 1. The first kappa shape index (κ1) is 15.8. The van der Waals surface area contributed by atoms with Crippen molar-refractivity contribution in [2.75, 3.05) is 5.32 Å². The van der Waals surface area contributed by atoms with Gasteiger partial charge in [-0.05, 0) is 25.0 Å². The fraction of sp³-hybridized carbons (Fsp3) is 0.333. The van der Waals surface area contributed by atoms with Gasteiger partial charge in [0, 0.05) is 12.2 Å². The molecule has 1 aromatic rings. The molecule has 0 saturated heterocycles. The van der Waals surface area contributed by atoms with Crippen LogP contribution in [-0.4, -0.2) is 22.8 Å². The standard InChI is InChI=1S/C18H16N4O2/c19-9-12(10-20)11-21-15-8-4-7-14-16(15)18(24)22(17(14)23)13-5-2-1-3-6-13/h4,7-8,11,13,21H,1-3,5-6H2. The molecule has 0 unspecified atom stereocenters. The summed E-state index contributed by atoms with van der Waals surface area (Å²) < 4.78 is 0. The molecule has 6 heteroatoms. The van der Waals surface area contributed by atoms with Crippen molar-refractivity contribution in [1.82, 2.24) is 4.90 Å². The molecular weight excluding hydrogens is 304 g/mol. The Bertz CT molecular complexity index is 791. The van der Waals surface area contributed by atoms with E-state index in [-0.39, 0.29) is 23.4 Å². The molecule has 1 aliphatic heterocycles. The van der Waals surface area contributed by atoms with Crippen LogP contribution >= 0.6 is 0 Å². The molecule has 1 fully saturated rings. The van der Waals surface area contributed by atoms with Crippen molar-refractivity contribution >= 4 is 17.5 Å². The Kier molecular flexibility index (Phi) is 4.31. The van der Waals surface area contributed by atoms with Crippen LogP contribution in [-0.2, 0) is 0 Å². The molecule has 0 bridgehead atoms. The van der Waals surface area contributed by atoms with Gasteiger partial charge < -0.3 is 5.32 Å². The quantitative estimate of drug-likeness (QED) is 0.682. The summed E-state index contributed by atoms with van der Waals surface area (Å²) in [5.74, 6) is -0.552. The number of allylic oxidation sites excluding steroid dienone is 1. The lowest BCUT2D eigenvalue weighted by molar-refractivity contribution is 0.0549. The maximum Gasteiger partial charge on any atom is 0.263 e. The van der Waals surface area contributed by atoms with E-state index in [2.05, 4.69) is 5.32 Å². The van der Waals surface area contributed by atoms with Crippen LogP contribution in [0.15, 0.2) is 30.0 Å². The highest BCUT2D eigenvalue weighted by Crippen LogP contribution is 2.34. The van der Waals surface area contributed by atoms with Crippen molar-refractivity contribution in [3.8, 4) is 12.1 Å². The van der Waals surface area contributed by atoms with Crippen molar-refractivity contribution in [3.63, 3.8) is 0 Å². The molecular formula is C18H16N4O2. The Morgan fingerprint density at radius 2 is 1.83 bits per heavy atom. The fourth-order valence-electron chi connectivity index (χ4n) is 3.33. The van der Waals surface area contributed by atoms with Gasteiger partial charge >= 0.3 is 0 Å². The molecule has 2 amide bonds. The van der Waals surface area contributed by atoms with Crippen LogP contribution in [0.4, 0.5) is 5.69 Å². The number of anilines is 1. The van der Waals surface area contributed by atoms with Gasteiger partial charge in [0.05, 0.1) is 16.8 Å². The maximum absolute atomic E-state index is 12.8. The highest BCUT2D eigenvalue weighted by molar-refractivity contribution is 6.24. The lowest BCUT2D eigenvalue weighted by atomic mass is 9.94. The minimum Gasteiger partial charge on any atom is -0.359 e. The van der Waals surface area contributed by atoms with E-state index in [1.807, 2.05) is 0 Å². The zero-order chi connectivity index (χ0) is 17.1. The molecule has 1 saturated carbocycles. The van der Waals surface area contributed by atoms with E-state index in [1.54, 1.807) is 30.3 Å². The third kappa shape index (κ3) is 2.63. The van der Waals surface area contributed by atoms with Gasteiger partial charge in [-0.25, -0.2) is 0 Å². The van der Waals surface area contributed by atoms with Gasteiger partial charge in [0.2, 0.25) is 0 Å². The van der Waals surface area contributed by atoms with Gasteiger partial charge in [-0.2, -0.15) is 10.5 Å². The molecule has 1 N–H and O–H groups in total. The van der Waals surface area contributed by atoms with Gasteiger partial charge in [-0.1, -0.05) is 25.3 Å². The SMILES string of the molecule is N#CC(C#N)=CNc1cccc2c1C(=O)N(C1CCCCC1)C2=O. The average molecular weight is 320 g/mol. The topological polar surface area (TPSA) is 97.0 Å². The summed E-state index contributed by atoms with van der Waals surface area (Å²) in [7, 11) is 0. The highest BCUT2D eigenvalue weighted by atomic mass is 16.2. The lowest BCUT2D eigenvalue weighted by Gasteiger charge is -2.29. The Labute approximate surface area is 140 Å². The Morgan fingerprint density at radius 3 is 2.50 bits per heavy atom. The van der Waals surface area contributed by atoms with E-state index < -0.39 is 0 Å². The van der Waals surface area contributed by atoms with Crippen molar-refractivity contribution in [1.29, 1.82) is 10.5 Å². The number of nitrogens with one attached hydrogen (secondary N) is 1. The summed E-state index contributed by atoms with van der Waals surface area (Å²) in [6.07, 6.45) is 6.14. The largest absolute Gasteiger partial charge is 0.359 e. The van der Waals surface area contributed by atoms with Crippen LogP contribution in [0.3, 0.4) is 0 Å². The number of carbonyl (C=O) groups is 2. The lowest BCUT2D eigenvalue weighted by Crippen LogP contribution is -2.40. The van der Waals surface area contributed by atoms with Crippen LogP contribution in [0.1, 0.15) is 52.8 Å². The number of amides is 2. The van der Waals surface area contributed by atoms with Gasteiger partial charge in [-0.3, -0.25) is 14.5 Å². The van der Waals surface area contributed by atoms with Crippen LogP contribution in [0.2, 0.25) is 0 Å². The maximum atomic E-state index is 12.8. The molecule has 1 aromatic carbocycles. The minimum absolute atomic E-state index is 0.0386. The first-order valence-corrected chi connectivity index (χ1v) is 7.95. The third-order valence-electron chi connectivity index (χ3n) is 4.50. The number of carbonyl (C=O) groups excluding carboxylic acids is 2. The molecule has 3 rings (SSSR count). The molecule has 0 radical (unpaired) electrons. The van der Waals surface area contributed by atoms with E-state index >= 15 is 0 Å². The zero-order valence-electron chi connectivity index (χ0n) is 13.1. The first-order chi connectivity index (χ1) is 11.7. The Balaban J connectivity index is 1.94. The molecule has 120 valence electrons. The van der Waals surface area contributed by atoms with E-state index in [1.165, 1.54) is 11.1 Å². The molecule has 6 nitrogen and oxygen atoms in total. The van der Waals surface area contributed by atoms with Crippen LogP contribution in [0, 0.1) is 22.7 Å². The average Bonchev–Trinajstić information content (AvgIpc) is 2.88. The van der Waals surface area contributed by atoms with Crippen LogP contribution < -0.4 is 5.32 Å². The van der Waals surface area contributed by atoms with E-state index in [0.717, 1.165) is 32.1 Å². The number of imide groups is 1. The summed E-state index contributed by atoms with van der Waals surface area (Å²) in [5.41, 5.74) is 1.03. The predicted molar refractivity (Wildman–Crippen MR) is 86.7 cm³/mol. The summed E-state index contributed by atoms with van der Waals surface area (Å²) in [6, 6.07) is 8.44. The van der Waals surface area contributed by atoms with Crippen molar-refractivity contribution in [2.24, 2.45) is 0 Å². The smallest absolute Gasteiger partial charge is 0.263 e. The number of rotatable bonds is 3. The van der Waals surface area contributed by atoms with E-state index in [9.17, 15) is 9.59 Å². The van der Waals surface area contributed by atoms with Gasteiger partial charge in [0.15, 0.2) is 0 Å². The molecule has 24 heavy (non-hydrogen) atoms. The minimum atomic E-state index is -0.297.